The quantitative estimate of drug-likeness (QED) is 0.790. The number of hydrogen-bond donors (Lipinski definition) is 0. The molecule has 1 aromatic carbocycles. The summed E-state index contributed by atoms with van der Waals surface area (Å²) in [5.74, 6) is -0.590. The Bertz CT molecular complexity index is 505. The molecule has 0 saturated heterocycles. The molecule has 0 aliphatic carbocycles. The normalized spacial score (nSPS) is 12.9. The average Bonchev–Trinajstić information content (AvgIpc) is 2.27. The highest BCUT2D eigenvalue weighted by molar-refractivity contribution is 6.31. The minimum atomic E-state index is -4.61. The number of carbonyl (C=O) groups is 1. The smallest absolute Gasteiger partial charge is 0.298 e. The lowest BCUT2D eigenvalue weighted by Gasteiger charge is -2.18. The van der Waals surface area contributed by atoms with Crippen LogP contribution in [0.5, 0.6) is 0 Å². The predicted molar refractivity (Wildman–Crippen MR) is 60.0 cm³/mol. The second-order valence-corrected chi connectivity index (χ2v) is 4.12. The fraction of sp³-hybridized carbons (Fsp3) is 0.333. The molecule has 6 heteroatoms. The molecule has 2 nitrogen and oxygen atoms in total. The molecule has 0 aliphatic heterocycles. The van der Waals surface area contributed by atoms with Gasteiger partial charge < -0.3 is 0 Å². The lowest BCUT2D eigenvalue weighted by Crippen LogP contribution is -2.15. The zero-order valence-electron chi connectivity index (χ0n) is 9.38. The average molecular weight is 276 g/mol. The van der Waals surface area contributed by atoms with Crippen LogP contribution in [0.1, 0.15) is 29.0 Å². The van der Waals surface area contributed by atoms with E-state index in [0.29, 0.717) is 0 Å². The van der Waals surface area contributed by atoms with Crippen LogP contribution in [0.3, 0.4) is 0 Å². The summed E-state index contributed by atoms with van der Waals surface area (Å²) in [4.78, 5) is 11.2. The van der Waals surface area contributed by atoms with E-state index in [4.69, 9.17) is 16.9 Å². The van der Waals surface area contributed by atoms with E-state index in [1.54, 1.807) is 6.07 Å². The Morgan fingerprint density at radius 1 is 1.50 bits per heavy atom. The van der Waals surface area contributed by atoms with Crippen molar-refractivity contribution >= 4 is 17.4 Å². The number of benzene rings is 1. The molecule has 18 heavy (non-hydrogen) atoms. The van der Waals surface area contributed by atoms with Gasteiger partial charge in [-0.3, -0.25) is 4.79 Å². The second-order valence-electron chi connectivity index (χ2n) is 3.68. The maximum atomic E-state index is 12.8. The van der Waals surface area contributed by atoms with Gasteiger partial charge in [-0.1, -0.05) is 12.1 Å². The van der Waals surface area contributed by atoms with Crippen molar-refractivity contribution in [2.45, 2.75) is 24.9 Å². The minimum Gasteiger partial charge on any atom is -0.298 e. The minimum absolute atomic E-state index is 0.127. The fourth-order valence-corrected chi connectivity index (χ4v) is 1.86. The summed E-state index contributed by atoms with van der Waals surface area (Å²) < 4.78 is 38.5. The van der Waals surface area contributed by atoms with E-state index in [2.05, 4.69) is 0 Å². The largest absolute Gasteiger partial charge is 0.416 e. The molecule has 1 rings (SSSR count). The summed E-state index contributed by atoms with van der Waals surface area (Å²) in [6.45, 7) is 1.11. The summed E-state index contributed by atoms with van der Waals surface area (Å²) >= 11 is 5.73. The number of carbonyl (C=O) groups excluding carboxylic acids is 1. The van der Waals surface area contributed by atoms with Crippen LogP contribution in [0.4, 0.5) is 13.2 Å². The third kappa shape index (κ3) is 3.02. The van der Waals surface area contributed by atoms with Crippen LogP contribution < -0.4 is 0 Å². The maximum absolute atomic E-state index is 12.8. The van der Waals surface area contributed by atoms with Crippen molar-refractivity contribution in [1.82, 2.24) is 0 Å². The van der Waals surface area contributed by atoms with E-state index in [1.165, 1.54) is 12.1 Å². The van der Waals surface area contributed by atoms with Gasteiger partial charge >= 0.3 is 6.18 Å². The summed E-state index contributed by atoms with van der Waals surface area (Å²) in [6, 6.07) is 5.18. The van der Waals surface area contributed by atoms with Crippen molar-refractivity contribution < 1.29 is 18.0 Å². The van der Waals surface area contributed by atoms with E-state index < -0.39 is 22.9 Å². The van der Waals surface area contributed by atoms with Gasteiger partial charge in [0.25, 0.3) is 0 Å². The molecule has 0 radical (unpaired) electrons. The molecule has 0 aromatic heterocycles. The molecule has 0 bridgehead atoms. The first-order valence-electron chi connectivity index (χ1n) is 4.99. The van der Waals surface area contributed by atoms with Crippen molar-refractivity contribution in [2.75, 3.05) is 0 Å². The van der Waals surface area contributed by atoms with Gasteiger partial charge in [0, 0.05) is 0 Å². The molecule has 1 unspecified atom stereocenters. The van der Waals surface area contributed by atoms with Crippen LogP contribution in [-0.4, -0.2) is 5.78 Å². The highest BCUT2D eigenvalue weighted by Crippen LogP contribution is 2.38. The highest BCUT2D eigenvalue weighted by atomic mass is 35.5. The molecule has 1 aromatic rings. The van der Waals surface area contributed by atoms with Gasteiger partial charge in [0.1, 0.15) is 5.38 Å². The number of hydrogen-bond acceptors (Lipinski definition) is 2. The third-order valence-electron chi connectivity index (χ3n) is 2.38. The lowest BCUT2D eigenvalue weighted by molar-refractivity contribution is -0.138. The Hall–Kier alpha value is -1.54. The Morgan fingerprint density at radius 2 is 2.11 bits per heavy atom. The number of nitrogens with zero attached hydrogens (tertiary/aromatic N) is 1. The van der Waals surface area contributed by atoms with Crippen molar-refractivity contribution in [2.24, 2.45) is 0 Å². The summed E-state index contributed by atoms with van der Waals surface area (Å²) in [7, 11) is 0. The molecule has 0 N–H and O–H groups in total. The van der Waals surface area contributed by atoms with Crippen LogP contribution in [0.25, 0.3) is 0 Å². The molecule has 0 spiro atoms. The molecule has 0 aliphatic rings. The number of Topliss-reactive ketones (excluding diaryl/α,β-unsaturated/α-hetero) is 1. The molecular weight excluding hydrogens is 267 g/mol. The zero-order valence-corrected chi connectivity index (χ0v) is 10.1. The van der Waals surface area contributed by atoms with Gasteiger partial charge in [0.15, 0.2) is 5.78 Å². The van der Waals surface area contributed by atoms with Crippen LogP contribution in [0.2, 0.25) is 0 Å². The standard InChI is InChI=1S/C12H9ClF3NO/c1-7(18)11(13)10-8(5-6-17)3-2-4-9(10)12(14,15)16/h2-4,11H,5H2,1H3. The molecular formula is C12H9ClF3NO. The van der Waals surface area contributed by atoms with Crippen molar-refractivity contribution in [3.8, 4) is 6.07 Å². The van der Waals surface area contributed by atoms with Crippen molar-refractivity contribution in [3.63, 3.8) is 0 Å². The maximum Gasteiger partial charge on any atom is 0.416 e. The van der Waals surface area contributed by atoms with E-state index in [0.717, 1.165) is 13.0 Å². The fourth-order valence-electron chi connectivity index (χ4n) is 1.60. The molecule has 1 atom stereocenters. The van der Waals surface area contributed by atoms with Gasteiger partial charge in [-0.2, -0.15) is 18.4 Å². The lowest BCUT2D eigenvalue weighted by atomic mass is 9.94. The first-order chi connectivity index (χ1) is 8.29. The number of nitriles is 1. The van der Waals surface area contributed by atoms with Crippen molar-refractivity contribution in [3.05, 3.63) is 34.9 Å². The van der Waals surface area contributed by atoms with Gasteiger partial charge in [-0.05, 0) is 24.1 Å². The Labute approximate surface area is 107 Å². The summed E-state index contributed by atoms with van der Waals surface area (Å²) in [5, 5.41) is 7.20. The second kappa shape index (κ2) is 5.40. The van der Waals surface area contributed by atoms with Crippen molar-refractivity contribution in [1.29, 1.82) is 5.26 Å². The number of halogens is 4. The number of rotatable bonds is 3. The number of alkyl halides is 4. The molecule has 96 valence electrons. The van der Waals surface area contributed by atoms with Crippen LogP contribution in [0.15, 0.2) is 18.2 Å². The van der Waals surface area contributed by atoms with Gasteiger partial charge in [0.05, 0.1) is 18.1 Å². The van der Waals surface area contributed by atoms with Gasteiger partial charge in [-0.25, -0.2) is 0 Å². The van der Waals surface area contributed by atoms with E-state index >= 15 is 0 Å². The molecule has 0 amide bonds. The van der Waals surface area contributed by atoms with E-state index in [1.807, 2.05) is 0 Å². The SMILES string of the molecule is CC(=O)C(Cl)c1c(CC#N)cccc1C(F)(F)F. The molecule has 0 heterocycles. The highest BCUT2D eigenvalue weighted by Gasteiger charge is 2.36. The van der Waals surface area contributed by atoms with E-state index in [-0.39, 0.29) is 17.5 Å². The number of ketones is 1. The monoisotopic (exact) mass is 275 g/mol. The van der Waals surface area contributed by atoms with E-state index in [9.17, 15) is 18.0 Å². The zero-order chi connectivity index (χ0) is 13.9. The molecule has 0 saturated carbocycles. The third-order valence-corrected chi connectivity index (χ3v) is 2.91. The van der Waals surface area contributed by atoms with Crippen LogP contribution >= 0.6 is 11.6 Å². The predicted octanol–water partition coefficient (Wildman–Crippen LogP) is 3.64. The topological polar surface area (TPSA) is 40.9 Å². The van der Waals surface area contributed by atoms with Gasteiger partial charge in [-0.15, -0.1) is 11.6 Å². The molecule has 0 fully saturated rings. The Kier molecular flexibility index (Phi) is 4.36. The van der Waals surface area contributed by atoms with Crippen LogP contribution in [-0.2, 0) is 17.4 Å². The Balaban J connectivity index is 3.49. The summed E-state index contributed by atoms with van der Waals surface area (Å²) in [6.07, 6.45) is -4.83. The summed E-state index contributed by atoms with van der Waals surface area (Å²) in [5.41, 5.74) is -1.16. The van der Waals surface area contributed by atoms with Gasteiger partial charge in [0.2, 0.25) is 0 Å². The van der Waals surface area contributed by atoms with Crippen LogP contribution in [0, 0.1) is 11.3 Å². The first kappa shape index (κ1) is 14.5. The first-order valence-corrected chi connectivity index (χ1v) is 5.43. The Morgan fingerprint density at radius 3 is 2.56 bits per heavy atom.